The van der Waals surface area contributed by atoms with Crippen LogP contribution in [-0.4, -0.2) is 186 Å². The number of hydrogen-bond acceptors (Lipinski definition) is 18. The molecule has 4 rings (SSSR count). The largest absolute Gasteiger partial charge is 0.394 e. The number of aliphatic hydroxyl groups excluding tert-OH is 11. The van der Waals surface area contributed by atoms with Crippen LogP contribution in [0, 0.1) is 0 Å². The van der Waals surface area contributed by atoms with Crippen molar-refractivity contribution in [2.45, 2.75) is 144 Å². The summed E-state index contributed by atoms with van der Waals surface area (Å²) in [6.07, 6.45) is -31.3. The second-order valence-corrected chi connectivity index (χ2v) is 11.1. The Morgan fingerprint density at radius 1 is 0.429 bits per heavy atom. The smallest absolute Gasteiger partial charge is 0.187 e. The van der Waals surface area contributed by atoms with Crippen molar-refractivity contribution in [3.8, 4) is 0 Å². The van der Waals surface area contributed by atoms with E-state index in [-0.39, 0.29) is 0 Å². The van der Waals surface area contributed by atoms with Gasteiger partial charge in [0, 0.05) is 0 Å². The highest BCUT2D eigenvalue weighted by Crippen LogP contribution is 2.35. The van der Waals surface area contributed by atoms with Gasteiger partial charge in [0.1, 0.15) is 79.4 Å². The Morgan fingerprint density at radius 3 is 1.52 bits per heavy atom. The van der Waals surface area contributed by atoms with Crippen LogP contribution in [0.25, 0.3) is 0 Å². The first-order valence-electron chi connectivity index (χ1n) is 13.7. The molecule has 11 N–H and O–H groups in total. The van der Waals surface area contributed by atoms with Crippen LogP contribution < -0.4 is 0 Å². The first-order valence-corrected chi connectivity index (χ1v) is 13.7. The molecule has 18 nitrogen and oxygen atoms in total. The van der Waals surface area contributed by atoms with Crippen LogP contribution in [0.15, 0.2) is 0 Å². The van der Waals surface area contributed by atoms with Crippen molar-refractivity contribution in [3.63, 3.8) is 0 Å². The van der Waals surface area contributed by atoms with E-state index in [4.69, 9.17) is 33.2 Å². The lowest BCUT2D eigenvalue weighted by molar-refractivity contribution is -0.394. The number of aliphatic hydroxyl groups is 11. The summed E-state index contributed by atoms with van der Waals surface area (Å²) in [5.41, 5.74) is 0. The molecule has 20 atom stereocenters. The summed E-state index contributed by atoms with van der Waals surface area (Å²) in [6, 6.07) is 0. The molecule has 4 saturated heterocycles. The molecule has 4 aliphatic rings. The summed E-state index contributed by atoms with van der Waals surface area (Å²) >= 11 is 0. The van der Waals surface area contributed by atoms with Crippen molar-refractivity contribution in [3.05, 3.63) is 0 Å². The van der Waals surface area contributed by atoms with E-state index in [1.54, 1.807) is 0 Å². The molecule has 42 heavy (non-hydrogen) atoms. The molecule has 0 unspecified atom stereocenters. The highest BCUT2D eigenvalue weighted by atomic mass is 16.8. The third-order valence-electron chi connectivity index (χ3n) is 8.08. The molecule has 0 amide bonds. The van der Waals surface area contributed by atoms with Crippen molar-refractivity contribution >= 4 is 0 Å². The zero-order valence-electron chi connectivity index (χ0n) is 23.0. The van der Waals surface area contributed by atoms with Crippen molar-refractivity contribution in [2.75, 3.05) is 6.61 Å². The van der Waals surface area contributed by atoms with Gasteiger partial charge in [-0.25, -0.2) is 0 Å². The van der Waals surface area contributed by atoms with Gasteiger partial charge in [-0.05, 0) is 20.8 Å². The lowest BCUT2D eigenvalue weighted by Crippen LogP contribution is -2.67. The van der Waals surface area contributed by atoms with Gasteiger partial charge in [-0.3, -0.25) is 0 Å². The minimum atomic E-state index is -1.89. The molecule has 0 aromatic rings. The summed E-state index contributed by atoms with van der Waals surface area (Å²) in [6.45, 7) is 3.48. The normalized spacial score (nSPS) is 55.9. The predicted molar refractivity (Wildman–Crippen MR) is 130 cm³/mol. The third kappa shape index (κ3) is 6.62. The Morgan fingerprint density at radius 2 is 0.905 bits per heavy atom. The quantitative estimate of drug-likeness (QED) is 0.126. The summed E-state index contributed by atoms with van der Waals surface area (Å²) in [4.78, 5) is 0. The van der Waals surface area contributed by atoms with Crippen LogP contribution in [0.1, 0.15) is 20.8 Å². The minimum Gasteiger partial charge on any atom is -0.394 e. The van der Waals surface area contributed by atoms with Gasteiger partial charge in [0.25, 0.3) is 0 Å². The lowest BCUT2D eigenvalue weighted by Gasteiger charge is -2.49. The standard InChI is InChI=1S/C24H42O18/c1-5-9(26)12(29)14(31)22(37-5)40-18-7(3)38-24(41-19-10(27)6(2)36-21(35)16(19)33)17(34)20(18)42-23-15(32)13(30)11(28)8(4-25)39-23/h5-35H,4H2,1-3H3/t5-,6+,7-,8+,9-,10-,11+,12+,13-,14+,15+,16+,17+,18-,19-,20-,21-,22+,23+,24-/m0/s1. The summed E-state index contributed by atoms with van der Waals surface area (Å²) < 4.78 is 39.0. The van der Waals surface area contributed by atoms with E-state index in [1.807, 2.05) is 0 Å². The van der Waals surface area contributed by atoms with Gasteiger partial charge in [0.15, 0.2) is 25.2 Å². The number of hydrogen-bond donors (Lipinski definition) is 11. The van der Waals surface area contributed by atoms with Gasteiger partial charge < -0.3 is 89.3 Å². The molecular weight excluding hydrogens is 576 g/mol. The monoisotopic (exact) mass is 618 g/mol. The molecule has 4 fully saturated rings. The molecule has 4 aliphatic heterocycles. The fourth-order valence-electron chi connectivity index (χ4n) is 5.39. The molecule has 0 aromatic carbocycles. The maximum atomic E-state index is 11.3. The van der Waals surface area contributed by atoms with Crippen LogP contribution >= 0.6 is 0 Å². The predicted octanol–water partition coefficient (Wildman–Crippen LogP) is -6.67. The van der Waals surface area contributed by atoms with E-state index in [9.17, 15) is 56.2 Å². The van der Waals surface area contributed by atoms with Gasteiger partial charge in [-0.15, -0.1) is 0 Å². The van der Waals surface area contributed by atoms with Gasteiger partial charge >= 0.3 is 0 Å². The molecule has 0 aliphatic carbocycles. The highest BCUT2D eigenvalue weighted by molar-refractivity contribution is 4.97. The fraction of sp³-hybridized carbons (Fsp3) is 1.00. The zero-order valence-corrected chi connectivity index (χ0v) is 23.0. The maximum absolute atomic E-state index is 11.3. The molecule has 246 valence electrons. The topological polar surface area (TPSA) is 287 Å². The van der Waals surface area contributed by atoms with E-state index >= 15 is 0 Å². The molecule has 0 radical (unpaired) electrons. The van der Waals surface area contributed by atoms with E-state index < -0.39 is 129 Å². The summed E-state index contributed by atoms with van der Waals surface area (Å²) in [5.74, 6) is 0. The fourth-order valence-corrected chi connectivity index (χ4v) is 5.39. The average Bonchev–Trinajstić information content (AvgIpc) is 2.95. The van der Waals surface area contributed by atoms with Crippen LogP contribution in [0.3, 0.4) is 0 Å². The Balaban J connectivity index is 1.60. The van der Waals surface area contributed by atoms with Crippen LogP contribution in [-0.2, 0) is 33.2 Å². The van der Waals surface area contributed by atoms with Crippen molar-refractivity contribution in [2.24, 2.45) is 0 Å². The molecule has 18 heteroatoms. The first-order chi connectivity index (χ1) is 19.7. The highest BCUT2D eigenvalue weighted by Gasteiger charge is 2.55. The second-order valence-electron chi connectivity index (χ2n) is 11.1. The molecule has 0 bridgehead atoms. The lowest BCUT2D eigenvalue weighted by atomic mass is 9.95. The third-order valence-corrected chi connectivity index (χ3v) is 8.08. The number of rotatable bonds is 7. The molecule has 0 aromatic heterocycles. The van der Waals surface area contributed by atoms with E-state index in [1.165, 1.54) is 20.8 Å². The average molecular weight is 619 g/mol. The molecule has 4 heterocycles. The van der Waals surface area contributed by atoms with Gasteiger partial charge in [0.05, 0.1) is 24.9 Å². The summed E-state index contributed by atoms with van der Waals surface area (Å²) in [5, 5.41) is 113. The summed E-state index contributed by atoms with van der Waals surface area (Å²) in [7, 11) is 0. The van der Waals surface area contributed by atoms with Crippen LogP contribution in [0.5, 0.6) is 0 Å². The Bertz CT molecular complexity index is 853. The Hall–Kier alpha value is -0.720. The second kappa shape index (κ2) is 13.7. The van der Waals surface area contributed by atoms with Gasteiger partial charge in [-0.2, -0.15) is 0 Å². The van der Waals surface area contributed by atoms with Gasteiger partial charge in [0.2, 0.25) is 0 Å². The minimum absolute atomic E-state index is 0.774. The van der Waals surface area contributed by atoms with Crippen LogP contribution in [0.4, 0.5) is 0 Å². The SMILES string of the molecule is C[C@@H]1O[C@H](O[C@@H]2[C@@H](O[C@H]3O[C@H](CO)[C@@H](O)[C@H](O)[C@H]3O)[C@@H](O)[C@H](O[C@H]3[C@@H](O)[C@@H](C)O[C@H](O)[C@@H]3O)O[C@H]2C)[C@H](O)[C@H](O)[C@H]1O. The zero-order chi connectivity index (χ0) is 31.2. The van der Waals surface area contributed by atoms with Crippen molar-refractivity contribution in [1.82, 2.24) is 0 Å². The van der Waals surface area contributed by atoms with E-state index in [0.29, 0.717) is 0 Å². The Kier molecular flexibility index (Phi) is 11.2. The molecule has 0 saturated carbocycles. The van der Waals surface area contributed by atoms with Crippen molar-refractivity contribution in [1.29, 1.82) is 0 Å². The first kappa shape index (κ1) is 34.2. The van der Waals surface area contributed by atoms with Crippen molar-refractivity contribution < 1.29 is 89.3 Å². The maximum Gasteiger partial charge on any atom is 0.187 e. The van der Waals surface area contributed by atoms with Gasteiger partial charge in [-0.1, -0.05) is 0 Å². The molecule has 0 spiro atoms. The molecular formula is C24H42O18. The number of ether oxygens (including phenoxy) is 7. The van der Waals surface area contributed by atoms with E-state index in [2.05, 4.69) is 0 Å². The van der Waals surface area contributed by atoms with E-state index in [0.717, 1.165) is 0 Å². The Labute approximate surface area is 240 Å². The van der Waals surface area contributed by atoms with Crippen LogP contribution in [0.2, 0.25) is 0 Å².